The highest BCUT2D eigenvalue weighted by atomic mass is 16.5. The summed E-state index contributed by atoms with van der Waals surface area (Å²) in [6.07, 6.45) is 0.537. The monoisotopic (exact) mass is 341 g/mol. The van der Waals surface area contributed by atoms with Crippen LogP contribution in [0.2, 0.25) is 0 Å². The molecule has 0 bridgehead atoms. The number of hydrogen-bond donors (Lipinski definition) is 1. The van der Waals surface area contributed by atoms with E-state index < -0.39 is 6.10 Å². The summed E-state index contributed by atoms with van der Waals surface area (Å²) in [6.45, 7) is 10.3. The molecule has 3 nitrogen and oxygen atoms in total. The van der Waals surface area contributed by atoms with Gasteiger partial charge in [-0.1, -0.05) is 49.4 Å². The number of benzene rings is 2. The zero-order chi connectivity index (χ0) is 18.2. The van der Waals surface area contributed by atoms with Gasteiger partial charge >= 0.3 is 0 Å². The predicted octanol–water partition coefficient (Wildman–Crippen LogP) is 4.34. The molecule has 0 aliphatic heterocycles. The van der Waals surface area contributed by atoms with E-state index in [-0.39, 0.29) is 0 Å². The first-order valence-corrected chi connectivity index (χ1v) is 9.16. The fraction of sp³-hybridized carbons (Fsp3) is 0.455. The van der Waals surface area contributed by atoms with Crippen LogP contribution in [-0.4, -0.2) is 35.3 Å². The minimum absolute atomic E-state index is 0.311. The van der Waals surface area contributed by atoms with E-state index in [4.69, 9.17) is 4.74 Å². The van der Waals surface area contributed by atoms with Crippen LogP contribution in [0.15, 0.2) is 48.5 Å². The maximum absolute atomic E-state index is 10.5. The lowest BCUT2D eigenvalue weighted by molar-refractivity contribution is 0.0503. The van der Waals surface area contributed by atoms with Gasteiger partial charge in [-0.05, 0) is 49.9 Å². The maximum Gasteiger partial charge on any atom is 0.122 e. The van der Waals surface area contributed by atoms with Crippen molar-refractivity contribution in [3.8, 4) is 5.75 Å². The van der Waals surface area contributed by atoms with Crippen LogP contribution in [-0.2, 0) is 6.54 Å². The third kappa shape index (κ3) is 5.87. The van der Waals surface area contributed by atoms with Crippen molar-refractivity contribution in [2.24, 2.45) is 0 Å². The van der Waals surface area contributed by atoms with Gasteiger partial charge in [-0.3, -0.25) is 4.90 Å². The fourth-order valence-corrected chi connectivity index (χ4v) is 2.89. The molecule has 136 valence electrons. The largest absolute Gasteiger partial charge is 0.491 e. The summed E-state index contributed by atoms with van der Waals surface area (Å²) in [7, 11) is 0. The molecule has 0 unspecified atom stereocenters. The highest BCUT2D eigenvalue weighted by Gasteiger charge is 2.18. The molecule has 2 aromatic carbocycles. The van der Waals surface area contributed by atoms with Gasteiger partial charge in [0.2, 0.25) is 0 Å². The number of hydrogen-bond acceptors (Lipinski definition) is 3. The second kappa shape index (κ2) is 9.59. The van der Waals surface area contributed by atoms with E-state index in [0.717, 1.165) is 24.3 Å². The van der Waals surface area contributed by atoms with E-state index in [9.17, 15) is 5.11 Å². The topological polar surface area (TPSA) is 32.7 Å². The van der Waals surface area contributed by atoms with Crippen molar-refractivity contribution in [2.75, 3.05) is 13.2 Å². The summed E-state index contributed by atoms with van der Waals surface area (Å²) in [5, 5.41) is 10.5. The van der Waals surface area contributed by atoms with Crippen LogP contribution in [0.25, 0.3) is 0 Å². The summed E-state index contributed by atoms with van der Waals surface area (Å²) in [6, 6.07) is 16.8. The van der Waals surface area contributed by atoms with Gasteiger partial charge in [-0.25, -0.2) is 0 Å². The van der Waals surface area contributed by atoms with Crippen LogP contribution < -0.4 is 4.74 Å². The number of rotatable bonds is 9. The molecule has 0 saturated heterocycles. The van der Waals surface area contributed by atoms with Gasteiger partial charge in [-0.15, -0.1) is 0 Å². The highest BCUT2D eigenvalue weighted by molar-refractivity contribution is 5.31. The predicted molar refractivity (Wildman–Crippen MR) is 104 cm³/mol. The zero-order valence-electron chi connectivity index (χ0n) is 15.9. The average Bonchev–Trinajstić information content (AvgIpc) is 2.61. The smallest absolute Gasteiger partial charge is 0.122 e. The first-order chi connectivity index (χ1) is 12.0. The Morgan fingerprint density at radius 2 is 1.64 bits per heavy atom. The first-order valence-electron chi connectivity index (χ1n) is 9.16. The Kier molecular flexibility index (Phi) is 7.48. The molecule has 0 radical (unpaired) electrons. The molecule has 2 atom stereocenters. The second-order valence-corrected chi connectivity index (χ2v) is 6.84. The normalized spacial score (nSPS) is 13.7. The Morgan fingerprint density at radius 1 is 1.00 bits per heavy atom. The van der Waals surface area contributed by atoms with Gasteiger partial charge in [-0.2, -0.15) is 0 Å². The molecule has 0 aliphatic rings. The van der Waals surface area contributed by atoms with Gasteiger partial charge in [0, 0.05) is 19.1 Å². The van der Waals surface area contributed by atoms with E-state index in [2.05, 4.69) is 49.9 Å². The van der Waals surface area contributed by atoms with E-state index in [1.807, 2.05) is 31.2 Å². The first kappa shape index (κ1) is 19.5. The molecule has 0 aliphatic carbocycles. The molecule has 0 saturated carbocycles. The van der Waals surface area contributed by atoms with Crippen molar-refractivity contribution >= 4 is 0 Å². The number of nitrogens with zero attached hydrogens (tertiary/aromatic N) is 1. The van der Waals surface area contributed by atoms with Crippen LogP contribution in [0.1, 0.15) is 37.0 Å². The van der Waals surface area contributed by atoms with Gasteiger partial charge < -0.3 is 9.84 Å². The van der Waals surface area contributed by atoms with E-state index in [0.29, 0.717) is 19.2 Å². The number of aryl methyl sites for hydroxylation is 2. The van der Waals surface area contributed by atoms with Gasteiger partial charge in [0.25, 0.3) is 0 Å². The number of para-hydroxylation sites is 1. The lowest BCUT2D eigenvalue weighted by atomic mass is 10.1. The average molecular weight is 341 g/mol. The standard InChI is InChI=1S/C22H31NO2/c1-5-19(4)23(14-20-12-8-6-10-17(20)2)15-21(24)16-25-22-13-9-7-11-18(22)3/h6-13,19,21,24H,5,14-16H2,1-4H3/t19-,21+/m1/s1. The maximum atomic E-state index is 10.5. The SMILES string of the molecule is CC[C@@H](C)N(Cc1ccccc1C)C[C@H](O)COc1ccccc1C. The van der Waals surface area contributed by atoms with Crippen LogP contribution in [0, 0.1) is 13.8 Å². The molecule has 0 spiro atoms. The molecule has 1 N–H and O–H groups in total. The Bertz CT molecular complexity index is 656. The minimum Gasteiger partial charge on any atom is -0.491 e. The van der Waals surface area contributed by atoms with Crippen molar-refractivity contribution in [1.82, 2.24) is 4.90 Å². The Hall–Kier alpha value is -1.84. The lowest BCUT2D eigenvalue weighted by Gasteiger charge is -2.31. The molecular weight excluding hydrogens is 310 g/mol. The highest BCUT2D eigenvalue weighted by Crippen LogP contribution is 2.18. The van der Waals surface area contributed by atoms with E-state index >= 15 is 0 Å². The van der Waals surface area contributed by atoms with Crippen LogP contribution >= 0.6 is 0 Å². The van der Waals surface area contributed by atoms with Crippen molar-refractivity contribution in [1.29, 1.82) is 0 Å². The fourth-order valence-electron chi connectivity index (χ4n) is 2.89. The molecule has 3 heteroatoms. The third-order valence-electron chi connectivity index (χ3n) is 4.82. The molecule has 0 fully saturated rings. The Balaban J connectivity index is 1.96. The Morgan fingerprint density at radius 3 is 2.28 bits per heavy atom. The van der Waals surface area contributed by atoms with E-state index in [1.54, 1.807) is 0 Å². The second-order valence-electron chi connectivity index (χ2n) is 6.84. The molecule has 2 rings (SSSR count). The molecule has 2 aromatic rings. The number of aliphatic hydroxyl groups excluding tert-OH is 1. The van der Waals surface area contributed by atoms with E-state index in [1.165, 1.54) is 11.1 Å². The molecular formula is C22H31NO2. The molecule has 0 heterocycles. The quantitative estimate of drug-likeness (QED) is 0.736. The van der Waals surface area contributed by atoms with Crippen molar-refractivity contribution in [3.63, 3.8) is 0 Å². The van der Waals surface area contributed by atoms with Crippen molar-refractivity contribution in [2.45, 2.75) is 52.8 Å². The van der Waals surface area contributed by atoms with Crippen LogP contribution in [0.5, 0.6) is 5.75 Å². The van der Waals surface area contributed by atoms with Gasteiger partial charge in [0.15, 0.2) is 0 Å². The van der Waals surface area contributed by atoms with Crippen LogP contribution in [0.4, 0.5) is 0 Å². The van der Waals surface area contributed by atoms with Crippen molar-refractivity contribution < 1.29 is 9.84 Å². The molecule has 0 amide bonds. The Labute approximate surface area is 152 Å². The lowest BCUT2D eigenvalue weighted by Crippen LogP contribution is -2.40. The molecule has 0 aromatic heterocycles. The summed E-state index contributed by atoms with van der Waals surface area (Å²) in [5.41, 5.74) is 3.70. The number of aliphatic hydroxyl groups is 1. The number of ether oxygens (including phenoxy) is 1. The van der Waals surface area contributed by atoms with Crippen LogP contribution in [0.3, 0.4) is 0 Å². The van der Waals surface area contributed by atoms with Gasteiger partial charge in [0.05, 0.1) is 0 Å². The third-order valence-corrected chi connectivity index (χ3v) is 4.82. The van der Waals surface area contributed by atoms with Crippen molar-refractivity contribution in [3.05, 3.63) is 65.2 Å². The molecule has 25 heavy (non-hydrogen) atoms. The summed E-state index contributed by atoms with van der Waals surface area (Å²) in [5.74, 6) is 0.843. The summed E-state index contributed by atoms with van der Waals surface area (Å²) < 4.78 is 5.81. The minimum atomic E-state index is -0.516. The zero-order valence-corrected chi connectivity index (χ0v) is 15.9. The van der Waals surface area contributed by atoms with Gasteiger partial charge in [0.1, 0.15) is 18.5 Å². The summed E-state index contributed by atoms with van der Waals surface area (Å²) >= 11 is 0. The summed E-state index contributed by atoms with van der Waals surface area (Å²) in [4.78, 5) is 2.34.